The fourth-order valence-electron chi connectivity index (χ4n) is 4.24. The highest BCUT2D eigenvalue weighted by molar-refractivity contribution is 5.64. The maximum atomic E-state index is 14.5. The molecule has 4 aromatic rings. The van der Waals surface area contributed by atoms with Crippen LogP contribution in [0.3, 0.4) is 0 Å². The number of aromatic nitrogens is 4. The summed E-state index contributed by atoms with van der Waals surface area (Å²) >= 11 is 0. The Kier molecular flexibility index (Phi) is 4.74. The van der Waals surface area contributed by atoms with Gasteiger partial charge in [0.25, 0.3) is 5.56 Å². The Bertz CT molecular complexity index is 1330. The van der Waals surface area contributed by atoms with Crippen molar-refractivity contribution in [2.75, 3.05) is 31.1 Å². The van der Waals surface area contributed by atoms with Crippen molar-refractivity contribution in [2.45, 2.75) is 26.8 Å². The van der Waals surface area contributed by atoms with E-state index in [0.29, 0.717) is 22.9 Å². The molecule has 0 amide bonds. The van der Waals surface area contributed by atoms with Crippen LogP contribution in [-0.2, 0) is 0 Å². The van der Waals surface area contributed by atoms with Crippen LogP contribution >= 0.6 is 0 Å². The molecule has 0 aliphatic carbocycles. The SMILES string of the molecule is Cc1cn2cc(-c3cc(=O)n4cc(N5CCN(C(C)C)CC5)ccc4n3)cc(F)c2n1. The third-order valence-electron chi connectivity index (χ3n) is 5.98. The van der Waals surface area contributed by atoms with E-state index in [1.54, 1.807) is 21.2 Å². The summed E-state index contributed by atoms with van der Waals surface area (Å²) in [4.78, 5) is 26.4. The number of halogens is 1. The molecule has 0 unspecified atom stereocenters. The van der Waals surface area contributed by atoms with Gasteiger partial charge in [-0.3, -0.25) is 14.1 Å². The molecule has 0 N–H and O–H groups in total. The van der Waals surface area contributed by atoms with Crippen molar-refractivity contribution in [3.8, 4) is 11.3 Å². The van der Waals surface area contributed by atoms with Crippen LogP contribution in [0.4, 0.5) is 10.1 Å². The highest BCUT2D eigenvalue weighted by Crippen LogP contribution is 2.22. The maximum absolute atomic E-state index is 14.5. The molecule has 0 saturated carbocycles. The molecule has 1 saturated heterocycles. The molecule has 1 fully saturated rings. The van der Waals surface area contributed by atoms with Crippen LogP contribution < -0.4 is 10.5 Å². The second-order valence-corrected chi connectivity index (χ2v) is 8.40. The van der Waals surface area contributed by atoms with Crippen LogP contribution in [0.25, 0.3) is 22.6 Å². The molecule has 0 spiro atoms. The summed E-state index contributed by atoms with van der Waals surface area (Å²) in [6.07, 6.45) is 5.35. The largest absolute Gasteiger partial charge is 0.368 e. The molecular formula is C23H25FN6O. The average Bonchev–Trinajstić information content (AvgIpc) is 3.14. The zero-order valence-electron chi connectivity index (χ0n) is 17.9. The lowest BCUT2D eigenvalue weighted by molar-refractivity contribution is 0.209. The first kappa shape index (κ1) is 19.7. The Hall–Kier alpha value is -3.26. The van der Waals surface area contributed by atoms with Gasteiger partial charge in [-0.25, -0.2) is 14.4 Å². The molecule has 1 aliphatic rings. The molecule has 0 atom stereocenters. The minimum absolute atomic E-state index is 0.190. The van der Waals surface area contributed by atoms with Crippen molar-refractivity contribution in [3.63, 3.8) is 0 Å². The van der Waals surface area contributed by atoms with Crippen LogP contribution in [0.15, 0.2) is 47.7 Å². The van der Waals surface area contributed by atoms with Gasteiger partial charge in [-0.15, -0.1) is 0 Å². The minimum atomic E-state index is -0.441. The second-order valence-electron chi connectivity index (χ2n) is 8.40. The molecule has 0 bridgehead atoms. The van der Waals surface area contributed by atoms with Crippen molar-refractivity contribution >= 4 is 17.0 Å². The number of pyridine rings is 2. The monoisotopic (exact) mass is 420 g/mol. The Morgan fingerprint density at radius 3 is 2.52 bits per heavy atom. The van der Waals surface area contributed by atoms with Gasteiger partial charge in [0.05, 0.1) is 17.1 Å². The number of hydrogen-bond acceptors (Lipinski definition) is 5. The van der Waals surface area contributed by atoms with Crippen LogP contribution in [0.2, 0.25) is 0 Å². The van der Waals surface area contributed by atoms with E-state index in [2.05, 4.69) is 33.6 Å². The standard InChI is InChI=1S/C23H25FN6O/c1-15(2)27-6-8-28(9-7-27)18-4-5-21-26-20(11-22(31)30(21)14-18)17-10-19(24)23-25-16(3)12-29(23)13-17/h4-5,10-15H,6-9H2,1-3H3. The number of piperazine rings is 1. The number of aryl methyl sites for hydroxylation is 1. The highest BCUT2D eigenvalue weighted by atomic mass is 19.1. The van der Waals surface area contributed by atoms with Crippen molar-refractivity contribution in [3.05, 3.63) is 64.7 Å². The summed E-state index contributed by atoms with van der Waals surface area (Å²) < 4.78 is 17.7. The van der Waals surface area contributed by atoms with E-state index in [9.17, 15) is 9.18 Å². The van der Waals surface area contributed by atoms with Gasteiger partial charge >= 0.3 is 0 Å². The minimum Gasteiger partial charge on any atom is -0.368 e. The highest BCUT2D eigenvalue weighted by Gasteiger charge is 2.19. The number of hydrogen-bond donors (Lipinski definition) is 0. The predicted octanol–water partition coefficient (Wildman–Crippen LogP) is 2.99. The Balaban J connectivity index is 1.50. The molecule has 1 aliphatic heterocycles. The molecule has 5 rings (SSSR count). The third-order valence-corrected chi connectivity index (χ3v) is 5.98. The average molecular weight is 420 g/mol. The Morgan fingerprint density at radius 2 is 1.77 bits per heavy atom. The van der Waals surface area contributed by atoms with Crippen LogP contribution in [0.1, 0.15) is 19.5 Å². The number of rotatable bonds is 3. The van der Waals surface area contributed by atoms with E-state index in [0.717, 1.165) is 37.6 Å². The first-order valence-corrected chi connectivity index (χ1v) is 10.6. The van der Waals surface area contributed by atoms with E-state index in [1.165, 1.54) is 12.1 Å². The van der Waals surface area contributed by atoms with Crippen LogP contribution in [-0.4, -0.2) is 55.9 Å². The van der Waals surface area contributed by atoms with Gasteiger partial charge in [0, 0.05) is 62.4 Å². The van der Waals surface area contributed by atoms with Crippen molar-refractivity contribution < 1.29 is 4.39 Å². The zero-order chi connectivity index (χ0) is 21.7. The number of anilines is 1. The molecule has 5 heterocycles. The van der Waals surface area contributed by atoms with E-state index in [4.69, 9.17) is 0 Å². The first-order valence-electron chi connectivity index (χ1n) is 10.6. The van der Waals surface area contributed by atoms with Gasteiger partial charge in [0.1, 0.15) is 5.65 Å². The lowest BCUT2D eigenvalue weighted by atomic mass is 10.2. The lowest BCUT2D eigenvalue weighted by Gasteiger charge is -2.38. The summed E-state index contributed by atoms with van der Waals surface area (Å²) in [6, 6.07) is 7.23. The number of imidazole rings is 1. The quantitative estimate of drug-likeness (QED) is 0.510. The van der Waals surface area contributed by atoms with Gasteiger partial charge in [-0.1, -0.05) is 0 Å². The molecule has 31 heavy (non-hydrogen) atoms. The van der Waals surface area contributed by atoms with Gasteiger partial charge in [0.15, 0.2) is 11.5 Å². The fraction of sp³-hybridized carbons (Fsp3) is 0.348. The normalized spacial score (nSPS) is 15.5. The first-order chi connectivity index (χ1) is 14.9. The van der Waals surface area contributed by atoms with E-state index < -0.39 is 5.82 Å². The van der Waals surface area contributed by atoms with Crippen molar-refractivity contribution in [1.82, 2.24) is 23.7 Å². The summed E-state index contributed by atoms with van der Waals surface area (Å²) in [5.41, 5.74) is 3.32. The summed E-state index contributed by atoms with van der Waals surface area (Å²) in [7, 11) is 0. The summed E-state index contributed by atoms with van der Waals surface area (Å²) in [6.45, 7) is 10.1. The summed E-state index contributed by atoms with van der Waals surface area (Å²) in [5.74, 6) is -0.441. The summed E-state index contributed by atoms with van der Waals surface area (Å²) in [5, 5.41) is 0. The fourth-order valence-corrected chi connectivity index (χ4v) is 4.24. The predicted molar refractivity (Wildman–Crippen MR) is 119 cm³/mol. The van der Waals surface area contributed by atoms with Gasteiger partial charge in [-0.05, 0) is 39.0 Å². The third kappa shape index (κ3) is 3.57. The Morgan fingerprint density at radius 1 is 1.00 bits per heavy atom. The second kappa shape index (κ2) is 7.46. The van der Waals surface area contributed by atoms with Gasteiger partial charge in [-0.2, -0.15) is 0 Å². The van der Waals surface area contributed by atoms with E-state index >= 15 is 0 Å². The van der Waals surface area contributed by atoms with E-state index in [1.807, 2.05) is 25.3 Å². The Labute approximate surface area is 179 Å². The number of nitrogens with zero attached hydrogens (tertiary/aromatic N) is 6. The topological polar surface area (TPSA) is 58.2 Å². The maximum Gasteiger partial charge on any atom is 0.258 e. The van der Waals surface area contributed by atoms with Crippen molar-refractivity contribution in [1.29, 1.82) is 0 Å². The lowest BCUT2D eigenvalue weighted by Crippen LogP contribution is -2.49. The van der Waals surface area contributed by atoms with Gasteiger partial charge < -0.3 is 9.30 Å². The molecule has 160 valence electrons. The number of fused-ring (bicyclic) bond motifs is 2. The van der Waals surface area contributed by atoms with Crippen molar-refractivity contribution in [2.24, 2.45) is 0 Å². The molecular weight excluding hydrogens is 395 g/mol. The van der Waals surface area contributed by atoms with Crippen LogP contribution in [0, 0.1) is 12.7 Å². The molecule has 0 aromatic carbocycles. The molecule has 7 nitrogen and oxygen atoms in total. The van der Waals surface area contributed by atoms with E-state index in [-0.39, 0.29) is 11.2 Å². The molecule has 4 aromatic heterocycles. The smallest absolute Gasteiger partial charge is 0.258 e. The van der Waals surface area contributed by atoms with Crippen LogP contribution in [0.5, 0.6) is 0 Å². The van der Waals surface area contributed by atoms with Gasteiger partial charge in [0.2, 0.25) is 0 Å². The molecule has 8 heteroatoms. The zero-order valence-corrected chi connectivity index (χ0v) is 17.9. The molecule has 0 radical (unpaired) electrons.